The van der Waals surface area contributed by atoms with Gasteiger partial charge in [-0.05, 0) is 19.9 Å². The molecule has 0 fully saturated rings. The molecule has 1 aromatic heterocycles. The lowest BCUT2D eigenvalue weighted by Crippen LogP contribution is -2.15. The number of rotatable bonds is 2. The maximum Gasteiger partial charge on any atom is 0.227 e. The van der Waals surface area contributed by atoms with Gasteiger partial charge in [0.1, 0.15) is 0 Å². The van der Waals surface area contributed by atoms with Crippen LogP contribution in [0.5, 0.6) is 0 Å². The van der Waals surface area contributed by atoms with Crippen LogP contribution in [0, 0.1) is 13.8 Å². The van der Waals surface area contributed by atoms with Gasteiger partial charge >= 0.3 is 0 Å². The second kappa shape index (κ2) is 2.51. The van der Waals surface area contributed by atoms with Crippen LogP contribution in [0.15, 0.2) is 6.07 Å². The van der Waals surface area contributed by atoms with Gasteiger partial charge in [0.05, 0.1) is 11.4 Å². The van der Waals surface area contributed by atoms with Gasteiger partial charge in [0.25, 0.3) is 0 Å². The first kappa shape index (κ1) is 6.80. The molecule has 0 aromatic carbocycles. The zero-order valence-electron chi connectivity index (χ0n) is 5.96. The first-order valence-corrected chi connectivity index (χ1v) is 2.97. The fourth-order valence-corrected chi connectivity index (χ4v) is 0.810. The van der Waals surface area contributed by atoms with Crippen molar-refractivity contribution in [1.29, 1.82) is 0 Å². The Balaban J connectivity index is 2.91. The Kier molecular flexibility index (Phi) is 1.71. The Morgan fingerprint density at radius 3 is 2.80 bits per heavy atom. The van der Waals surface area contributed by atoms with Crippen LogP contribution < -0.4 is 5.43 Å². The van der Waals surface area contributed by atoms with Crippen molar-refractivity contribution in [3.63, 3.8) is 0 Å². The van der Waals surface area contributed by atoms with E-state index in [9.17, 15) is 4.79 Å². The average molecular weight is 139 g/mol. The molecular weight excluding hydrogens is 130 g/mol. The lowest BCUT2D eigenvalue weighted by molar-refractivity contribution is -0.106. The van der Waals surface area contributed by atoms with Gasteiger partial charge in [0.15, 0.2) is 0 Å². The van der Waals surface area contributed by atoms with Gasteiger partial charge in [0, 0.05) is 0 Å². The Labute approximate surface area is 58.8 Å². The number of aromatic nitrogens is 2. The van der Waals surface area contributed by atoms with Crippen LogP contribution in [0.2, 0.25) is 0 Å². The summed E-state index contributed by atoms with van der Waals surface area (Å²) in [5, 5.41) is 3.97. The van der Waals surface area contributed by atoms with E-state index in [-0.39, 0.29) is 0 Å². The molecule has 1 heterocycles. The highest BCUT2D eigenvalue weighted by Crippen LogP contribution is 1.97. The summed E-state index contributed by atoms with van der Waals surface area (Å²) in [6.07, 6.45) is 0.597. The number of carbonyl (C=O) groups excluding carboxylic acids is 1. The van der Waals surface area contributed by atoms with E-state index >= 15 is 0 Å². The Morgan fingerprint density at radius 1 is 1.70 bits per heavy atom. The van der Waals surface area contributed by atoms with E-state index in [4.69, 9.17) is 0 Å². The van der Waals surface area contributed by atoms with Crippen molar-refractivity contribution in [2.45, 2.75) is 13.8 Å². The van der Waals surface area contributed by atoms with Gasteiger partial charge in [-0.1, -0.05) is 0 Å². The van der Waals surface area contributed by atoms with E-state index < -0.39 is 0 Å². The molecule has 10 heavy (non-hydrogen) atoms. The van der Waals surface area contributed by atoms with Crippen molar-refractivity contribution in [2.24, 2.45) is 0 Å². The lowest BCUT2D eigenvalue weighted by Gasteiger charge is -1.97. The monoisotopic (exact) mass is 139 g/mol. The first-order chi connectivity index (χ1) is 4.74. The molecule has 0 unspecified atom stereocenters. The fraction of sp³-hybridized carbons (Fsp3) is 0.333. The summed E-state index contributed by atoms with van der Waals surface area (Å²) in [6, 6.07) is 1.89. The molecule has 0 bridgehead atoms. The first-order valence-electron chi connectivity index (χ1n) is 2.97. The maximum absolute atomic E-state index is 9.96. The molecule has 0 saturated heterocycles. The number of hydrogen-bond acceptors (Lipinski definition) is 2. The van der Waals surface area contributed by atoms with E-state index in [1.54, 1.807) is 0 Å². The van der Waals surface area contributed by atoms with Gasteiger partial charge in [-0.25, -0.2) is 5.43 Å². The molecule has 1 amide bonds. The summed E-state index contributed by atoms with van der Waals surface area (Å²) in [7, 11) is 0. The normalized spacial score (nSPS) is 9.40. The zero-order valence-corrected chi connectivity index (χ0v) is 5.96. The second-order valence-electron chi connectivity index (χ2n) is 2.09. The van der Waals surface area contributed by atoms with Crippen LogP contribution in [-0.2, 0) is 4.79 Å². The van der Waals surface area contributed by atoms with Crippen molar-refractivity contribution in [2.75, 3.05) is 5.43 Å². The van der Waals surface area contributed by atoms with Gasteiger partial charge in [-0.15, -0.1) is 0 Å². The number of nitrogens with one attached hydrogen (secondary N) is 1. The van der Waals surface area contributed by atoms with Crippen LogP contribution in [0.25, 0.3) is 0 Å². The van der Waals surface area contributed by atoms with Crippen LogP contribution in [0.4, 0.5) is 0 Å². The Bertz CT molecular complexity index is 241. The summed E-state index contributed by atoms with van der Waals surface area (Å²) in [4.78, 5) is 11.4. The second-order valence-corrected chi connectivity index (χ2v) is 2.09. The average Bonchev–Trinajstić information content (AvgIpc) is 2.13. The van der Waals surface area contributed by atoms with Crippen molar-refractivity contribution in [3.05, 3.63) is 17.5 Å². The number of hydrogen-bond donors (Lipinski definition) is 1. The third kappa shape index (κ3) is 1.15. The predicted octanol–water partition coefficient (Wildman–Crippen LogP) is 0.200. The summed E-state index contributed by atoms with van der Waals surface area (Å²) < 4.78 is 0. The van der Waals surface area contributed by atoms with Crippen LogP contribution in [0.3, 0.4) is 0 Å². The summed E-state index contributed by atoms with van der Waals surface area (Å²) >= 11 is 0. The van der Waals surface area contributed by atoms with Crippen molar-refractivity contribution >= 4 is 6.41 Å². The zero-order chi connectivity index (χ0) is 7.56. The highest BCUT2D eigenvalue weighted by molar-refractivity contribution is 5.56. The largest absolute Gasteiger partial charge is 0.277 e. The molecule has 54 valence electrons. The van der Waals surface area contributed by atoms with Gasteiger partial charge in [0.2, 0.25) is 6.41 Å². The third-order valence-corrected chi connectivity index (χ3v) is 1.18. The molecule has 1 N–H and O–H groups in total. The van der Waals surface area contributed by atoms with E-state index in [2.05, 4.69) is 10.5 Å². The molecule has 4 heteroatoms. The molecule has 0 saturated carbocycles. The van der Waals surface area contributed by atoms with Crippen LogP contribution in [0.1, 0.15) is 11.4 Å². The predicted molar refractivity (Wildman–Crippen MR) is 37.1 cm³/mol. The van der Waals surface area contributed by atoms with Crippen molar-refractivity contribution in [3.8, 4) is 0 Å². The van der Waals surface area contributed by atoms with E-state index in [0.29, 0.717) is 6.41 Å². The summed E-state index contributed by atoms with van der Waals surface area (Å²) in [5.41, 5.74) is 4.24. The van der Waals surface area contributed by atoms with Crippen LogP contribution in [-0.4, -0.2) is 16.3 Å². The molecular formula is C6H9N3O. The smallest absolute Gasteiger partial charge is 0.227 e. The molecule has 0 aliphatic carbocycles. The van der Waals surface area contributed by atoms with Gasteiger partial charge < -0.3 is 0 Å². The minimum atomic E-state index is 0.597. The lowest BCUT2D eigenvalue weighted by atomic mass is 10.4. The molecule has 4 nitrogen and oxygen atoms in total. The summed E-state index contributed by atoms with van der Waals surface area (Å²) in [5.74, 6) is 0. The number of carbonyl (C=O) groups is 1. The number of amides is 1. The highest BCUT2D eigenvalue weighted by Gasteiger charge is 1.96. The fourth-order valence-electron chi connectivity index (χ4n) is 0.810. The summed E-state index contributed by atoms with van der Waals surface area (Å²) in [6.45, 7) is 3.74. The molecule has 0 atom stereocenters. The van der Waals surface area contributed by atoms with E-state index in [1.807, 2.05) is 19.9 Å². The van der Waals surface area contributed by atoms with Gasteiger partial charge in [-0.2, -0.15) is 9.89 Å². The maximum atomic E-state index is 9.96. The molecule has 0 aliphatic heterocycles. The van der Waals surface area contributed by atoms with Crippen molar-refractivity contribution in [1.82, 2.24) is 9.89 Å². The minimum absolute atomic E-state index is 0.597. The standard InChI is InChI=1S/C6H9N3O/c1-5-3-6(2)9(8-5)7-4-10/h3-4H,1-2H3,(H,7,10). The number of aryl methyl sites for hydroxylation is 2. The Morgan fingerprint density at radius 2 is 2.40 bits per heavy atom. The molecule has 0 spiro atoms. The third-order valence-electron chi connectivity index (χ3n) is 1.18. The Hall–Kier alpha value is -1.32. The quantitative estimate of drug-likeness (QED) is 0.595. The van der Waals surface area contributed by atoms with Crippen molar-refractivity contribution < 1.29 is 4.79 Å². The molecule has 0 aliphatic rings. The highest BCUT2D eigenvalue weighted by atomic mass is 16.1. The van der Waals surface area contributed by atoms with E-state index in [1.165, 1.54) is 4.79 Å². The molecule has 0 radical (unpaired) electrons. The van der Waals surface area contributed by atoms with Crippen LogP contribution >= 0.6 is 0 Å². The van der Waals surface area contributed by atoms with E-state index in [0.717, 1.165) is 11.4 Å². The van der Waals surface area contributed by atoms with Gasteiger partial charge in [-0.3, -0.25) is 4.79 Å². The topological polar surface area (TPSA) is 46.9 Å². The number of nitrogens with zero attached hydrogens (tertiary/aromatic N) is 2. The molecule has 1 rings (SSSR count). The molecule has 1 aromatic rings. The minimum Gasteiger partial charge on any atom is -0.277 e. The SMILES string of the molecule is Cc1cc(C)n(NC=O)n1.